The predicted octanol–water partition coefficient (Wildman–Crippen LogP) is 2.15. The molecule has 0 unspecified atom stereocenters. The third-order valence-corrected chi connectivity index (χ3v) is 2.26. The van der Waals surface area contributed by atoms with Crippen LogP contribution >= 0.6 is 12.2 Å². The molecule has 0 aromatic heterocycles. The van der Waals surface area contributed by atoms with Crippen LogP contribution in [0.1, 0.15) is 31.9 Å². The number of benzene rings is 1. The molecule has 0 bridgehead atoms. The number of nitrogens with two attached hydrogens (primary N) is 1. The largest absolute Gasteiger partial charge is 0.375 e. The quantitative estimate of drug-likeness (QED) is 0.469. The lowest BCUT2D eigenvalue weighted by Crippen LogP contribution is -2.23. The Hall–Kier alpha value is -1.42. The van der Waals surface area contributed by atoms with E-state index in [1.165, 1.54) is 5.56 Å². The van der Waals surface area contributed by atoms with E-state index in [0.29, 0.717) is 0 Å². The molecule has 0 heterocycles. The molecule has 0 aliphatic rings. The van der Waals surface area contributed by atoms with Crippen LogP contribution in [0.3, 0.4) is 0 Å². The fourth-order valence-corrected chi connectivity index (χ4v) is 1.29. The van der Waals surface area contributed by atoms with Crippen molar-refractivity contribution in [3.8, 4) is 0 Å². The number of hydrazone groups is 1. The van der Waals surface area contributed by atoms with Crippen LogP contribution in [-0.2, 0) is 5.41 Å². The van der Waals surface area contributed by atoms with E-state index >= 15 is 0 Å². The Balaban J connectivity index is 2.72. The van der Waals surface area contributed by atoms with Gasteiger partial charge in [0, 0.05) is 0 Å². The molecule has 0 aliphatic heterocycles. The number of hydrogen-bond acceptors (Lipinski definition) is 2. The minimum atomic E-state index is 0.169. The van der Waals surface area contributed by atoms with E-state index in [2.05, 4.69) is 55.6 Å². The van der Waals surface area contributed by atoms with Crippen molar-refractivity contribution < 1.29 is 0 Å². The van der Waals surface area contributed by atoms with Gasteiger partial charge in [0.15, 0.2) is 5.11 Å². The third kappa shape index (κ3) is 3.98. The van der Waals surface area contributed by atoms with Gasteiger partial charge in [0.05, 0.1) is 6.21 Å². The Morgan fingerprint density at radius 2 is 1.88 bits per heavy atom. The monoisotopic (exact) mass is 235 g/mol. The molecule has 0 saturated heterocycles. The summed E-state index contributed by atoms with van der Waals surface area (Å²) in [6.45, 7) is 6.56. The number of nitrogens with zero attached hydrogens (tertiary/aromatic N) is 1. The summed E-state index contributed by atoms with van der Waals surface area (Å²) in [5.74, 6) is 0. The SMILES string of the molecule is CC(C)(C)c1ccc(C=NNC(N)=S)cc1. The smallest absolute Gasteiger partial charge is 0.184 e. The minimum Gasteiger partial charge on any atom is -0.375 e. The molecule has 86 valence electrons. The van der Waals surface area contributed by atoms with Gasteiger partial charge < -0.3 is 5.73 Å². The Labute approximate surface area is 102 Å². The Morgan fingerprint density at radius 1 is 1.31 bits per heavy atom. The topological polar surface area (TPSA) is 50.4 Å². The van der Waals surface area contributed by atoms with Crippen LogP contribution in [-0.4, -0.2) is 11.3 Å². The molecule has 0 spiro atoms. The van der Waals surface area contributed by atoms with Crippen molar-refractivity contribution in [2.45, 2.75) is 26.2 Å². The van der Waals surface area contributed by atoms with Gasteiger partial charge >= 0.3 is 0 Å². The lowest BCUT2D eigenvalue weighted by atomic mass is 9.87. The summed E-state index contributed by atoms with van der Waals surface area (Å²) in [6.07, 6.45) is 1.69. The zero-order valence-corrected chi connectivity index (χ0v) is 10.6. The summed E-state index contributed by atoms with van der Waals surface area (Å²) in [7, 11) is 0. The van der Waals surface area contributed by atoms with E-state index in [-0.39, 0.29) is 10.5 Å². The predicted molar refractivity (Wildman–Crippen MR) is 72.7 cm³/mol. The molecule has 0 atom stereocenters. The van der Waals surface area contributed by atoms with Crippen molar-refractivity contribution in [2.75, 3.05) is 0 Å². The Bertz CT molecular complexity index is 388. The summed E-state index contributed by atoms with van der Waals surface area (Å²) in [6, 6.07) is 8.24. The van der Waals surface area contributed by atoms with Gasteiger partial charge in [-0.15, -0.1) is 0 Å². The van der Waals surface area contributed by atoms with Crippen LogP contribution in [0.5, 0.6) is 0 Å². The van der Waals surface area contributed by atoms with Gasteiger partial charge in [-0.1, -0.05) is 45.0 Å². The second-order valence-corrected chi connectivity index (χ2v) is 5.05. The van der Waals surface area contributed by atoms with E-state index in [1.807, 2.05) is 12.1 Å². The Kier molecular flexibility index (Phi) is 4.01. The first-order valence-electron chi connectivity index (χ1n) is 5.08. The number of hydrogen-bond donors (Lipinski definition) is 2. The normalized spacial score (nSPS) is 11.7. The van der Waals surface area contributed by atoms with Gasteiger partial charge in [-0.2, -0.15) is 5.10 Å². The van der Waals surface area contributed by atoms with Crippen LogP contribution in [0.4, 0.5) is 0 Å². The molecule has 0 aliphatic carbocycles. The van der Waals surface area contributed by atoms with Gasteiger partial charge in [0.2, 0.25) is 0 Å². The second-order valence-electron chi connectivity index (χ2n) is 4.61. The van der Waals surface area contributed by atoms with Crippen LogP contribution in [0, 0.1) is 0 Å². The van der Waals surface area contributed by atoms with Crippen molar-refractivity contribution in [1.82, 2.24) is 5.43 Å². The van der Waals surface area contributed by atoms with Crippen molar-refractivity contribution in [1.29, 1.82) is 0 Å². The minimum absolute atomic E-state index is 0.169. The summed E-state index contributed by atoms with van der Waals surface area (Å²) < 4.78 is 0. The summed E-state index contributed by atoms with van der Waals surface area (Å²) >= 11 is 4.63. The van der Waals surface area contributed by atoms with Crippen LogP contribution in [0.15, 0.2) is 29.4 Å². The first-order chi connectivity index (χ1) is 7.39. The number of thiocarbonyl (C=S) groups is 1. The van der Waals surface area contributed by atoms with Crippen LogP contribution in [0.2, 0.25) is 0 Å². The second kappa shape index (κ2) is 5.07. The number of rotatable bonds is 2. The first kappa shape index (κ1) is 12.6. The summed E-state index contributed by atoms with van der Waals surface area (Å²) in [5.41, 5.74) is 10.2. The molecule has 3 nitrogen and oxygen atoms in total. The third-order valence-electron chi connectivity index (χ3n) is 2.17. The maximum Gasteiger partial charge on any atom is 0.184 e. The van der Waals surface area contributed by atoms with E-state index < -0.39 is 0 Å². The lowest BCUT2D eigenvalue weighted by molar-refractivity contribution is 0.590. The summed E-state index contributed by atoms with van der Waals surface area (Å²) in [5, 5.41) is 4.06. The number of nitrogens with one attached hydrogen (secondary N) is 1. The van der Waals surface area contributed by atoms with Gasteiger partial charge in [-0.05, 0) is 28.8 Å². The van der Waals surface area contributed by atoms with Gasteiger partial charge in [0.25, 0.3) is 0 Å². The average Bonchev–Trinajstić information content (AvgIpc) is 2.16. The highest BCUT2D eigenvalue weighted by Crippen LogP contribution is 2.21. The highest BCUT2D eigenvalue weighted by Gasteiger charge is 2.12. The average molecular weight is 235 g/mol. The fourth-order valence-electron chi connectivity index (χ4n) is 1.24. The molecule has 4 heteroatoms. The molecule has 0 radical (unpaired) electrons. The van der Waals surface area contributed by atoms with E-state index in [0.717, 1.165) is 5.56 Å². The molecular formula is C12H17N3S. The van der Waals surface area contributed by atoms with Crippen LogP contribution < -0.4 is 11.2 Å². The zero-order valence-electron chi connectivity index (χ0n) is 9.82. The molecule has 3 N–H and O–H groups in total. The highest BCUT2D eigenvalue weighted by atomic mass is 32.1. The summed E-state index contributed by atoms with van der Waals surface area (Å²) in [4.78, 5) is 0. The van der Waals surface area contributed by atoms with E-state index in [4.69, 9.17) is 5.73 Å². The van der Waals surface area contributed by atoms with E-state index in [9.17, 15) is 0 Å². The van der Waals surface area contributed by atoms with Gasteiger partial charge in [-0.3, -0.25) is 5.43 Å². The molecule has 0 fully saturated rings. The van der Waals surface area contributed by atoms with Gasteiger partial charge in [-0.25, -0.2) is 0 Å². The first-order valence-corrected chi connectivity index (χ1v) is 5.49. The maximum atomic E-state index is 5.24. The molecular weight excluding hydrogens is 218 g/mol. The van der Waals surface area contributed by atoms with Crippen molar-refractivity contribution in [3.63, 3.8) is 0 Å². The molecule has 16 heavy (non-hydrogen) atoms. The standard InChI is InChI=1S/C12H17N3S/c1-12(2,3)10-6-4-9(5-7-10)8-14-15-11(13)16/h4-8H,1-3H3,(H3,13,15,16). The zero-order chi connectivity index (χ0) is 12.2. The van der Waals surface area contributed by atoms with Crippen molar-refractivity contribution in [3.05, 3.63) is 35.4 Å². The molecule has 1 aromatic rings. The fraction of sp³-hybridized carbons (Fsp3) is 0.333. The molecule has 1 aromatic carbocycles. The van der Waals surface area contributed by atoms with E-state index in [1.54, 1.807) is 6.21 Å². The molecule has 1 rings (SSSR count). The Morgan fingerprint density at radius 3 is 2.31 bits per heavy atom. The molecule has 0 saturated carbocycles. The van der Waals surface area contributed by atoms with Crippen molar-refractivity contribution >= 4 is 23.5 Å². The van der Waals surface area contributed by atoms with Crippen LogP contribution in [0.25, 0.3) is 0 Å². The highest BCUT2D eigenvalue weighted by molar-refractivity contribution is 7.80. The maximum absolute atomic E-state index is 5.24. The lowest BCUT2D eigenvalue weighted by Gasteiger charge is -2.18. The van der Waals surface area contributed by atoms with Crippen molar-refractivity contribution in [2.24, 2.45) is 10.8 Å². The molecule has 0 amide bonds. The van der Waals surface area contributed by atoms with Gasteiger partial charge in [0.1, 0.15) is 0 Å².